The maximum atomic E-state index is 5.77. The summed E-state index contributed by atoms with van der Waals surface area (Å²) in [6.45, 7) is 11.2. The quantitative estimate of drug-likeness (QED) is 0.784. The summed E-state index contributed by atoms with van der Waals surface area (Å²) in [5, 5.41) is 3.44. The molecule has 1 saturated heterocycles. The van der Waals surface area contributed by atoms with Crippen molar-refractivity contribution in [1.82, 2.24) is 10.3 Å². The number of ether oxygens (including phenoxy) is 1. The molecule has 1 atom stereocenters. The monoisotopic (exact) mass is 291 g/mol. The summed E-state index contributed by atoms with van der Waals surface area (Å²) in [6, 6.07) is 4.37. The van der Waals surface area contributed by atoms with Crippen LogP contribution >= 0.6 is 0 Å². The molecule has 0 radical (unpaired) electrons. The fourth-order valence-electron chi connectivity index (χ4n) is 2.86. The number of aromatic nitrogens is 1. The minimum absolute atomic E-state index is 0.358. The van der Waals surface area contributed by atoms with Crippen LogP contribution in [0.15, 0.2) is 12.1 Å². The van der Waals surface area contributed by atoms with E-state index in [1.54, 1.807) is 0 Å². The van der Waals surface area contributed by atoms with E-state index in [2.05, 4.69) is 43.1 Å². The second-order valence-electron chi connectivity index (χ2n) is 5.76. The molecule has 0 aliphatic carbocycles. The van der Waals surface area contributed by atoms with Crippen LogP contribution < -0.4 is 10.2 Å². The molecule has 1 aliphatic rings. The summed E-state index contributed by atoms with van der Waals surface area (Å²) < 4.78 is 5.77. The first-order valence-corrected chi connectivity index (χ1v) is 8.28. The van der Waals surface area contributed by atoms with Crippen molar-refractivity contribution in [3.05, 3.63) is 23.4 Å². The highest BCUT2D eigenvalue weighted by Crippen LogP contribution is 2.21. The number of nitrogens with one attached hydrogen (secondary N) is 1. The number of piperidine rings is 1. The Bertz CT molecular complexity index is 434. The zero-order chi connectivity index (χ0) is 15.1. The highest BCUT2D eigenvalue weighted by Gasteiger charge is 2.21. The molecule has 4 heteroatoms. The van der Waals surface area contributed by atoms with Crippen molar-refractivity contribution in [3.63, 3.8) is 0 Å². The van der Waals surface area contributed by atoms with Gasteiger partial charge in [0.2, 0.25) is 0 Å². The number of hydrogen-bond acceptors (Lipinski definition) is 4. The topological polar surface area (TPSA) is 37.4 Å². The molecule has 1 unspecified atom stereocenters. The average molecular weight is 291 g/mol. The van der Waals surface area contributed by atoms with Crippen LogP contribution in [0.2, 0.25) is 0 Å². The van der Waals surface area contributed by atoms with E-state index in [9.17, 15) is 0 Å². The molecule has 0 saturated carbocycles. The number of rotatable bonds is 7. The predicted molar refractivity (Wildman–Crippen MR) is 87.8 cm³/mol. The van der Waals surface area contributed by atoms with E-state index in [-0.39, 0.29) is 0 Å². The average Bonchev–Trinajstić information content (AvgIpc) is 2.50. The predicted octanol–water partition coefficient (Wildman–Crippen LogP) is 2.89. The second-order valence-corrected chi connectivity index (χ2v) is 5.76. The lowest BCUT2D eigenvalue weighted by atomic mass is 10.1. The molecular formula is C17H29N3O. The summed E-state index contributed by atoms with van der Waals surface area (Å²) in [5.41, 5.74) is 2.43. The third-order valence-corrected chi connectivity index (χ3v) is 4.03. The maximum absolute atomic E-state index is 5.77. The van der Waals surface area contributed by atoms with Crippen molar-refractivity contribution in [2.45, 2.75) is 52.7 Å². The third-order valence-electron chi connectivity index (χ3n) is 4.03. The Labute approximate surface area is 128 Å². The Kier molecular flexibility index (Phi) is 6.46. The van der Waals surface area contributed by atoms with E-state index >= 15 is 0 Å². The van der Waals surface area contributed by atoms with E-state index in [1.165, 1.54) is 18.4 Å². The van der Waals surface area contributed by atoms with E-state index in [1.807, 2.05) is 0 Å². The zero-order valence-electron chi connectivity index (χ0n) is 13.7. The number of nitrogens with zero attached hydrogens (tertiary/aromatic N) is 2. The van der Waals surface area contributed by atoms with Crippen LogP contribution in [-0.4, -0.2) is 37.3 Å². The molecule has 118 valence electrons. The molecule has 0 bridgehead atoms. The number of aryl methyl sites for hydroxylation is 1. The third kappa shape index (κ3) is 4.68. The molecule has 21 heavy (non-hydrogen) atoms. The minimum Gasteiger partial charge on any atom is -0.377 e. The van der Waals surface area contributed by atoms with Gasteiger partial charge in [0.15, 0.2) is 0 Å². The Morgan fingerprint density at radius 1 is 1.38 bits per heavy atom. The molecule has 1 aliphatic heterocycles. The lowest BCUT2D eigenvalue weighted by Crippen LogP contribution is -2.40. The van der Waals surface area contributed by atoms with Gasteiger partial charge in [-0.05, 0) is 51.3 Å². The van der Waals surface area contributed by atoms with Crippen molar-refractivity contribution >= 4 is 5.82 Å². The molecule has 4 nitrogen and oxygen atoms in total. The maximum Gasteiger partial charge on any atom is 0.128 e. The number of pyridine rings is 1. The molecule has 1 aromatic rings. The van der Waals surface area contributed by atoms with Crippen molar-refractivity contribution in [2.75, 3.05) is 31.1 Å². The van der Waals surface area contributed by atoms with Crippen LogP contribution in [0, 0.1) is 6.92 Å². The van der Waals surface area contributed by atoms with Gasteiger partial charge in [0.05, 0.1) is 6.10 Å². The van der Waals surface area contributed by atoms with Crippen LogP contribution in [0.5, 0.6) is 0 Å². The van der Waals surface area contributed by atoms with Crippen LogP contribution in [0.25, 0.3) is 0 Å². The molecular weight excluding hydrogens is 262 g/mol. The summed E-state index contributed by atoms with van der Waals surface area (Å²) in [6.07, 6.45) is 3.88. The summed E-state index contributed by atoms with van der Waals surface area (Å²) in [4.78, 5) is 7.16. The second kappa shape index (κ2) is 8.35. The summed E-state index contributed by atoms with van der Waals surface area (Å²) >= 11 is 0. The van der Waals surface area contributed by atoms with E-state index in [0.717, 1.165) is 50.7 Å². The Morgan fingerprint density at radius 2 is 2.24 bits per heavy atom. The summed E-state index contributed by atoms with van der Waals surface area (Å²) in [7, 11) is 0. The van der Waals surface area contributed by atoms with Crippen LogP contribution in [0.3, 0.4) is 0 Å². The lowest BCUT2D eigenvalue weighted by molar-refractivity contribution is 0.0525. The van der Waals surface area contributed by atoms with Gasteiger partial charge < -0.3 is 15.0 Å². The Morgan fingerprint density at radius 3 is 2.95 bits per heavy atom. The van der Waals surface area contributed by atoms with Gasteiger partial charge in [-0.25, -0.2) is 4.98 Å². The van der Waals surface area contributed by atoms with Gasteiger partial charge in [0.1, 0.15) is 5.82 Å². The number of hydrogen-bond donors (Lipinski definition) is 1. The fourth-order valence-corrected chi connectivity index (χ4v) is 2.86. The van der Waals surface area contributed by atoms with Crippen molar-refractivity contribution in [1.29, 1.82) is 0 Å². The van der Waals surface area contributed by atoms with Crippen LogP contribution in [0.4, 0.5) is 5.82 Å². The molecule has 2 heterocycles. The van der Waals surface area contributed by atoms with E-state index in [0.29, 0.717) is 6.10 Å². The van der Waals surface area contributed by atoms with Crippen molar-refractivity contribution in [3.8, 4) is 0 Å². The Hall–Kier alpha value is -1.13. The largest absolute Gasteiger partial charge is 0.377 e. The summed E-state index contributed by atoms with van der Waals surface area (Å²) in [5.74, 6) is 1.09. The molecule has 0 spiro atoms. The highest BCUT2D eigenvalue weighted by molar-refractivity contribution is 5.42. The van der Waals surface area contributed by atoms with Gasteiger partial charge in [-0.3, -0.25) is 0 Å². The molecule has 1 aromatic heterocycles. The minimum atomic E-state index is 0.358. The van der Waals surface area contributed by atoms with Crippen molar-refractivity contribution in [2.24, 2.45) is 0 Å². The van der Waals surface area contributed by atoms with Gasteiger partial charge in [-0.1, -0.05) is 13.0 Å². The number of anilines is 1. The Balaban J connectivity index is 1.98. The molecule has 1 fully saturated rings. The van der Waals surface area contributed by atoms with E-state index < -0.39 is 0 Å². The molecule has 1 N–H and O–H groups in total. The molecule has 0 amide bonds. The fraction of sp³-hybridized carbons (Fsp3) is 0.706. The van der Waals surface area contributed by atoms with E-state index in [4.69, 9.17) is 9.72 Å². The first-order valence-electron chi connectivity index (χ1n) is 8.28. The first kappa shape index (κ1) is 16.2. The van der Waals surface area contributed by atoms with Gasteiger partial charge in [-0.15, -0.1) is 0 Å². The molecule has 0 aromatic carbocycles. The normalized spacial score (nSPS) is 19.0. The standard InChI is InChI=1S/C17H29N3O/c1-4-10-18-12-15-8-9-17(19-14(15)3)20-11-6-7-16(13-20)21-5-2/h8-9,16,18H,4-7,10-13H2,1-3H3. The lowest BCUT2D eigenvalue weighted by Gasteiger charge is -2.33. The van der Waals surface area contributed by atoms with Gasteiger partial charge in [-0.2, -0.15) is 0 Å². The highest BCUT2D eigenvalue weighted by atomic mass is 16.5. The van der Waals surface area contributed by atoms with Crippen molar-refractivity contribution < 1.29 is 4.74 Å². The van der Waals surface area contributed by atoms with Crippen LogP contribution in [0.1, 0.15) is 44.4 Å². The first-order chi connectivity index (χ1) is 10.2. The van der Waals surface area contributed by atoms with Gasteiger partial charge >= 0.3 is 0 Å². The zero-order valence-corrected chi connectivity index (χ0v) is 13.7. The SMILES string of the molecule is CCCNCc1ccc(N2CCCC(OCC)C2)nc1C. The van der Waals surface area contributed by atoms with Gasteiger partial charge in [0.25, 0.3) is 0 Å². The smallest absolute Gasteiger partial charge is 0.128 e. The van der Waals surface area contributed by atoms with Gasteiger partial charge in [0, 0.05) is 31.9 Å². The molecule has 2 rings (SSSR count). The van der Waals surface area contributed by atoms with Crippen LogP contribution in [-0.2, 0) is 11.3 Å².